The average molecular weight is 463 g/mol. The number of hydrogen-bond donors (Lipinski definition) is 0. The van der Waals surface area contributed by atoms with Gasteiger partial charge in [0.25, 0.3) is 0 Å². The Labute approximate surface area is 175 Å². The molecule has 2 aromatic rings. The molecule has 10 heteroatoms. The number of piperidine rings is 1. The van der Waals surface area contributed by atoms with E-state index in [1.54, 1.807) is 6.07 Å². The van der Waals surface area contributed by atoms with E-state index in [2.05, 4.69) is 11.9 Å². The minimum absolute atomic E-state index is 0.0139. The summed E-state index contributed by atoms with van der Waals surface area (Å²) < 4.78 is 52.8. The van der Waals surface area contributed by atoms with Gasteiger partial charge in [0.05, 0.1) is 15.8 Å². The van der Waals surface area contributed by atoms with Crippen LogP contribution in [0.5, 0.6) is 0 Å². The highest BCUT2D eigenvalue weighted by Gasteiger charge is 2.29. The fraction of sp³-hybridized carbons (Fsp3) is 0.389. The number of aromatic nitrogens is 1. The summed E-state index contributed by atoms with van der Waals surface area (Å²) in [5.74, 6) is 0.0329. The molecule has 0 amide bonds. The van der Waals surface area contributed by atoms with Crippen molar-refractivity contribution in [1.82, 2.24) is 9.29 Å². The number of rotatable bonds is 5. The van der Waals surface area contributed by atoms with Crippen LogP contribution < -0.4 is 0 Å². The fourth-order valence-electron chi connectivity index (χ4n) is 3.13. The monoisotopic (exact) mass is 462 g/mol. The van der Waals surface area contributed by atoms with Crippen LogP contribution in [0.1, 0.15) is 25.3 Å². The van der Waals surface area contributed by atoms with Gasteiger partial charge < -0.3 is 0 Å². The zero-order valence-corrected chi connectivity index (χ0v) is 18.3. The van der Waals surface area contributed by atoms with E-state index in [0.717, 1.165) is 12.8 Å². The molecular formula is C18H20Cl2N2O4S2. The number of hydrogen-bond acceptors (Lipinski definition) is 5. The third-order valence-electron chi connectivity index (χ3n) is 4.74. The van der Waals surface area contributed by atoms with Crippen molar-refractivity contribution in [2.75, 3.05) is 13.1 Å². The molecule has 0 N–H and O–H groups in total. The molecule has 28 heavy (non-hydrogen) atoms. The smallest absolute Gasteiger partial charge is 0.244 e. The van der Waals surface area contributed by atoms with Crippen LogP contribution in [0.25, 0.3) is 0 Å². The van der Waals surface area contributed by atoms with Gasteiger partial charge in [-0.2, -0.15) is 4.31 Å². The Morgan fingerprint density at radius 2 is 1.68 bits per heavy atom. The first-order valence-corrected chi connectivity index (χ1v) is 12.6. The SMILES string of the molecule is CC1CCN(S(=O)(=O)c2cncc(CS(=O)(=O)c3c(Cl)cccc3Cl)c2)CC1. The first-order valence-electron chi connectivity index (χ1n) is 8.72. The molecular weight excluding hydrogens is 443 g/mol. The molecule has 0 saturated carbocycles. The second-order valence-corrected chi connectivity index (χ2v) is 11.6. The van der Waals surface area contributed by atoms with Gasteiger partial charge >= 0.3 is 0 Å². The van der Waals surface area contributed by atoms with E-state index in [1.807, 2.05) is 0 Å². The van der Waals surface area contributed by atoms with Crippen LogP contribution in [0.2, 0.25) is 10.0 Å². The number of benzene rings is 1. The van der Waals surface area contributed by atoms with Crippen LogP contribution in [-0.2, 0) is 25.6 Å². The Kier molecular flexibility index (Phi) is 6.36. The lowest BCUT2D eigenvalue weighted by molar-refractivity contribution is 0.288. The molecule has 0 spiro atoms. The molecule has 0 bridgehead atoms. The highest BCUT2D eigenvalue weighted by Crippen LogP contribution is 2.32. The van der Waals surface area contributed by atoms with Gasteiger partial charge in [0.15, 0.2) is 9.84 Å². The van der Waals surface area contributed by atoms with E-state index >= 15 is 0 Å². The van der Waals surface area contributed by atoms with E-state index in [1.165, 1.54) is 34.9 Å². The summed E-state index contributed by atoms with van der Waals surface area (Å²) >= 11 is 12.0. The summed E-state index contributed by atoms with van der Waals surface area (Å²) in [5, 5.41) is 0.0401. The molecule has 152 valence electrons. The van der Waals surface area contributed by atoms with Gasteiger partial charge in [-0.3, -0.25) is 4.98 Å². The Morgan fingerprint density at radius 1 is 1.07 bits per heavy atom. The second kappa shape index (κ2) is 8.28. The normalized spacial score (nSPS) is 17.0. The topological polar surface area (TPSA) is 84.4 Å². The van der Waals surface area contributed by atoms with Gasteiger partial charge in [-0.1, -0.05) is 36.2 Å². The molecule has 1 aliphatic rings. The molecule has 1 fully saturated rings. The van der Waals surface area contributed by atoms with Crippen molar-refractivity contribution in [3.8, 4) is 0 Å². The van der Waals surface area contributed by atoms with Gasteiger partial charge in [-0.05, 0) is 42.5 Å². The number of sulfonamides is 1. The lowest BCUT2D eigenvalue weighted by Crippen LogP contribution is -2.37. The van der Waals surface area contributed by atoms with Crippen molar-refractivity contribution >= 4 is 43.1 Å². The van der Waals surface area contributed by atoms with Crippen LogP contribution in [0.15, 0.2) is 46.5 Å². The summed E-state index contributed by atoms with van der Waals surface area (Å²) in [6.45, 7) is 2.99. The Morgan fingerprint density at radius 3 is 2.29 bits per heavy atom. The zero-order valence-electron chi connectivity index (χ0n) is 15.2. The maximum absolute atomic E-state index is 12.9. The van der Waals surface area contributed by atoms with E-state index in [9.17, 15) is 16.8 Å². The first kappa shape index (κ1) is 21.5. The molecule has 1 aliphatic heterocycles. The molecule has 1 saturated heterocycles. The Bertz CT molecular complexity index is 1060. The third-order valence-corrected chi connectivity index (χ3v) is 9.23. The van der Waals surface area contributed by atoms with Crippen molar-refractivity contribution in [2.45, 2.75) is 35.3 Å². The number of sulfone groups is 1. The lowest BCUT2D eigenvalue weighted by Gasteiger charge is -2.29. The fourth-order valence-corrected chi connectivity index (χ4v) is 7.19. The summed E-state index contributed by atoms with van der Waals surface area (Å²) in [6.07, 6.45) is 4.17. The van der Waals surface area contributed by atoms with Crippen molar-refractivity contribution in [3.05, 3.63) is 52.3 Å². The molecule has 6 nitrogen and oxygen atoms in total. The van der Waals surface area contributed by atoms with Gasteiger partial charge in [0, 0.05) is 25.5 Å². The van der Waals surface area contributed by atoms with E-state index in [4.69, 9.17) is 23.2 Å². The number of nitrogens with zero attached hydrogens (tertiary/aromatic N) is 2. The number of halogens is 2. The maximum atomic E-state index is 12.9. The highest BCUT2D eigenvalue weighted by atomic mass is 35.5. The van der Waals surface area contributed by atoms with Gasteiger partial charge in [0.2, 0.25) is 10.0 Å². The average Bonchev–Trinajstić information content (AvgIpc) is 2.61. The quantitative estimate of drug-likeness (QED) is 0.674. The van der Waals surface area contributed by atoms with Crippen LogP contribution >= 0.6 is 23.2 Å². The second-order valence-electron chi connectivity index (χ2n) is 6.93. The molecule has 1 aromatic carbocycles. The maximum Gasteiger partial charge on any atom is 0.244 e. The molecule has 0 radical (unpaired) electrons. The summed E-state index contributed by atoms with van der Waals surface area (Å²) in [5.41, 5.74) is 0.252. The molecule has 0 atom stereocenters. The van der Waals surface area contributed by atoms with Crippen molar-refractivity contribution in [3.63, 3.8) is 0 Å². The summed E-state index contributed by atoms with van der Waals surface area (Å²) in [4.78, 5) is 3.76. The zero-order chi connectivity index (χ0) is 20.5. The van der Waals surface area contributed by atoms with Gasteiger partial charge in [-0.15, -0.1) is 0 Å². The molecule has 0 unspecified atom stereocenters. The number of pyridine rings is 1. The predicted molar refractivity (Wildman–Crippen MR) is 109 cm³/mol. The first-order chi connectivity index (χ1) is 13.1. The largest absolute Gasteiger partial charge is 0.263 e. The lowest BCUT2D eigenvalue weighted by atomic mass is 10.0. The van der Waals surface area contributed by atoms with Crippen molar-refractivity contribution < 1.29 is 16.8 Å². The van der Waals surface area contributed by atoms with Crippen LogP contribution in [0.4, 0.5) is 0 Å². The van der Waals surface area contributed by atoms with Gasteiger partial charge in [0.1, 0.15) is 9.79 Å². The van der Waals surface area contributed by atoms with Crippen molar-refractivity contribution in [1.29, 1.82) is 0 Å². The van der Waals surface area contributed by atoms with Crippen molar-refractivity contribution in [2.24, 2.45) is 5.92 Å². The Balaban J connectivity index is 1.90. The minimum Gasteiger partial charge on any atom is -0.263 e. The molecule has 1 aromatic heterocycles. The van der Waals surface area contributed by atoms with Crippen LogP contribution in [-0.4, -0.2) is 39.2 Å². The van der Waals surface area contributed by atoms with Crippen LogP contribution in [0.3, 0.4) is 0 Å². The standard InChI is InChI=1S/C18H20Cl2N2O4S2/c1-13-5-7-22(8-6-13)28(25,26)15-9-14(10-21-11-15)12-27(23,24)18-16(19)3-2-4-17(18)20/h2-4,9-11,13H,5-8,12H2,1H3. The highest BCUT2D eigenvalue weighted by molar-refractivity contribution is 7.91. The molecule has 0 aliphatic carbocycles. The van der Waals surface area contributed by atoms with E-state index < -0.39 is 25.6 Å². The molecule has 2 heterocycles. The van der Waals surface area contributed by atoms with Gasteiger partial charge in [-0.25, -0.2) is 16.8 Å². The summed E-state index contributed by atoms with van der Waals surface area (Å²) in [7, 11) is -7.60. The van der Waals surface area contributed by atoms with Crippen LogP contribution in [0, 0.1) is 5.92 Å². The Hall–Kier alpha value is -1.19. The van der Waals surface area contributed by atoms with E-state index in [-0.39, 0.29) is 25.4 Å². The molecule has 3 rings (SSSR count). The third kappa shape index (κ3) is 4.52. The summed E-state index contributed by atoms with van der Waals surface area (Å²) in [6, 6.07) is 5.79. The predicted octanol–water partition coefficient (Wildman–Crippen LogP) is 3.78. The van der Waals surface area contributed by atoms with E-state index in [0.29, 0.717) is 19.0 Å². The minimum atomic E-state index is -3.88.